The van der Waals surface area contributed by atoms with Crippen LogP contribution in [-0.2, 0) is 0 Å². The van der Waals surface area contributed by atoms with Crippen LogP contribution < -0.4 is 0 Å². The molecule has 2 rings (SSSR count). The minimum absolute atomic E-state index is 0.0406. The van der Waals surface area contributed by atoms with E-state index in [4.69, 9.17) is 0 Å². The van der Waals surface area contributed by atoms with Gasteiger partial charge in [-0.25, -0.2) is 0 Å². The molecule has 0 aliphatic heterocycles. The SMILES string of the molecule is CC(C=CC=C(C)C=CC1C(C)=CC(O)CC1(C)C)=CC=CC=C(C)C=CC=C(C)C=CC1(O)C(C)(C)CC(O)CC1(C)O. The molecule has 0 aromatic rings. The number of aliphatic hydroxyl groups is 4. The lowest BCUT2D eigenvalue weighted by Crippen LogP contribution is -2.65. The first-order valence-corrected chi connectivity index (χ1v) is 15.9. The molecule has 0 saturated heterocycles. The first-order valence-electron chi connectivity index (χ1n) is 15.9. The summed E-state index contributed by atoms with van der Waals surface area (Å²) < 4.78 is 0. The van der Waals surface area contributed by atoms with Gasteiger partial charge in [-0.15, -0.1) is 0 Å². The summed E-state index contributed by atoms with van der Waals surface area (Å²) >= 11 is 0. The average molecular weight is 603 g/mol. The average Bonchev–Trinajstić information content (AvgIpc) is 2.87. The molecule has 2 aliphatic carbocycles. The zero-order chi connectivity index (χ0) is 33.3. The van der Waals surface area contributed by atoms with Gasteiger partial charge in [0.15, 0.2) is 0 Å². The Kier molecular flexibility index (Phi) is 13.2. The third-order valence-electron chi connectivity index (χ3n) is 9.16. The van der Waals surface area contributed by atoms with Gasteiger partial charge in [0.1, 0.15) is 5.60 Å². The van der Waals surface area contributed by atoms with Crippen molar-refractivity contribution >= 4 is 0 Å². The van der Waals surface area contributed by atoms with E-state index < -0.39 is 22.7 Å². The van der Waals surface area contributed by atoms with Crippen molar-refractivity contribution in [1.29, 1.82) is 0 Å². The molecule has 5 unspecified atom stereocenters. The zero-order valence-corrected chi connectivity index (χ0v) is 28.8. The number of aliphatic hydroxyl groups excluding tert-OH is 2. The number of rotatable bonds is 10. The lowest BCUT2D eigenvalue weighted by atomic mass is 9.57. The van der Waals surface area contributed by atoms with Gasteiger partial charge in [-0.2, -0.15) is 0 Å². The summed E-state index contributed by atoms with van der Waals surface area (Å²) in [5, 5.41) is 42.5. The summed E-state index contributed by atoms with van der Waals surface area (Å²) in [4.78, 5) is 0. The van der Waals surface area contributed by atoms with Gasteiger partial charge in [0.25, 0.3) is 0 Å². The molecule has 0 spiro atoms. The Morgan fingerprint density at radius 3 is 1.66 bits per heavy atom. The van der Waals surface area contributed by atoms with Crippen LogP contribution in [0.5, 0.6) is 0 Å². The highest BCUT2D eigenvalue weighted by Crippen LogP contribution is 2.50. The van der Waals surface area contributed by atoms with Gasteiger partial charge in [0.2, 0.25) is 0 Å². The summed E-state index contributed by atoms with van der Waals surface area (Å²) in [7, 11) is 0. The van der Waals surface area contributed by atoms with E-state index in [1.54, 1.807) is 13.0 Å². The van der Waals surface area contributed by atoms with Crippen LogP contribution in [0.25, 0.3) is 0 Å². The summed E-state index contributed by atoms with van der Waals surface area (Å²) in [5.74, 6) is 0.330. The molecule has 0 radical (unpaired) electrons. The summed E-state index contributed by atoms with van der Waals surface area (Å²) in [5.41, 5.74) is 2.13. The normalized spacial score (nSPS) is 32.6. The van der Waals surface area contributed by atoms with E-state index in [1.807, 2.05) is 70.2 Å². The number of allylic oxidation sites excluding steroid dienone is 18. The third kappa shape index (κ3) is 10.4. The van der Waals surface area contributed by atoms with Crippen LogP contribution in [0.4, 0.5) is 0 Å². The van der Waals surface area contributed by atoms with Crippen molar-refractivity contribution in [2.24, 2.45) is 16.7 Å². The molecule has 0 heterocycles. The third-order valence-corrected chi connectivity index (χ3v) is 9.16. The molecule has 0 aromatic heterocycles. The van der Waals surface area contributed by atoms with E-state index in [-0.39, 0.29) is 17.9 Å². The summed E-state index contributed by atoms with van der Waals surface area (Å²) in [6.45, 7) is 20.1. The van der Waals surface area contributed by atoms with Crippen molar-refractivity contribution in [2.45, 2.75) is 112 Å². The standard InChI is InChI=1S/C40H58O4/c1-29(17-13-19-31(3)21-22-36-33(5)25-34(41)26-37(36,6)7)15-11-12-16-30(2)18-14-20-32(4)23-24-40(44)38(8,9)27-35(42)28-39(40,10)43/h11-25,34-36,41-44H,26-28H2,1-10H3. The molecule has 0 amide bonds. The molecule has 242 valence electrons. The highest BCUT2D eigenvalue weighted by atomic mass is 16.4. The topological polar surface area (TPSA) is 80.9 Å². The van der Waals surface area contributed by atoms with Crippen molar-refractivity contribution in [3.05, 3.63) is 119 Å². The van der Waals surface area contributed by atoms with Crippen molar-refractivity contribution in [3.8, 4) is 0 Å². The maximum atomic E-state index is 11.4. The van der Waals surface area contributed by atoms with Gasteiger partial charge < -0.3 is 20.4 Å². The Bertz CT molecular complexity index is 1280. The fourth-order valence-electron chi connectivity index (χ4n) is 6.57. The Morgan fingerprint density at radius 1 is 0.682 bits per heavy atom. The molecule has 2 aliphatic rings. The Hall–Kier alpha value is -2.76. The molecule has 0 aromatic carbocycles. The first-order chi connectivity index (χ1) is 20.3. The van der Waals surface area contributed by atoms with E-state index in [0.29, 0.717) is 12.3 Å². The van der Waals surface area contributed by atoms with E-state index in [1.165, 1.54) is 11.1 Å². The molecule has 4 N–H and O–H groups in total. The Balaban J connectivity index is 1.93. The lowest BCUT2D eigenvalue weighted by Gasteiger charge is -2.54. The van der Waals surface area contributed by atoms with E-state index in [0.717, 1.165) is 23.1 Å². The van der Waals surface area contributed by atoms with Gasteiger partial charge in [-0.05, 0) is 65.9 Å². The minimum Gasteiger partial charge on any atom is -0.393 e. The maximum absolute atomic E-state index is 11.4. The largest absolute Gasteiger partial charge is 0.393 e. The van der Waals surface area contributed by atoms with Crippen molar-refractivity contribution in [1.82, 2.24) is 0 Å². The van der Waals surface area contributed by atoms with Crippen molar-refractivity contribution in [2.75, 3.05) is 0 Å². The molecular formula is C40H58O4. The van der Waals surface area contributed by atoms with Gasteiger partial charge in [0, 0.05) is 17.8 Å². The van der Waals surface area contributed by atoms with Crippen molar-refractivity contribution < 1.29 is 20.4 Å². The van der Waals surface area contributed by atoms with E-state index >= 15 is 0 Å². The number of hydrogen-bond acceptors (Lipinski definition) is 4. The van der Waals surface area contributed by atoms with E-state index in [9.17, 15) is 20.4 Å². The van der Waals surface area contributed by atoms with Crippen LogP contribution in [0.3, 0.4) is 0 Å². The highest BCUT2D eigenvalue weighted by molar-refractivity contribution is 5.33. The molecule has 1 saturated carbocycles. The molecule has 44 heavy (non-hydrogen) atoms. The monoisotopic (exact) mass is 602 g/mol. The lowest BCUT2D eigenvalue weighted by molar-refractivity contribution is -0.216. The van der Waals surface area contributed by atoms with Crippen LogP contribution in [0.2, 0.25) is 0 Å². The zero-order valence-electron chi connectivity index (χ0n) is 28.8. The quantitative estimate of drug-likeness (QED) is 0.149. The molecule has 4 heteroatoms. The molecular weight excluding hydrogens is 544 g/mol. The van der Waals surface area contributed by atoms with Crippen LogP contribution >= 0.6 is 0 Å². The van der Waals surface area contributed by atoms with Crippen molar-refractivity contribution in [3.63, 3.8) is 0 Å². The second-order valence-electron chi connectivity index (χ2n) is 14.6. The van der Waals surface area contributed by atoms with Gasteiger partial charge in [0.05, 0.1) is 17.8 Å². The Morgan fingerprint density at radius 2 is 1.16 bits per heavy atom. The van der Waals surface area contributed by atoms with Gasteiger partial charge >= 0.3 is 0 Å². The van der Waals surface area contributed by atoms with Gasteiger partial charge in [-0.1, -0.05) is 141 Å². The molecule has 4 nitrogen and oxygen atoms in total. The summed E-state index contributed by atoms with van der Waals surface area (Å²) in [6.07, 6.45) is 30.7. The second kappa shape index (κ2) is 15.5. The fourth-order valence-corrected chi connectivity index (χ4v) is 6.57. The minimum atomic E-state index is -1.44. The predicted octanol–water partition coefficient (Wildman–Crippen LogP) is 8.57. The summed E-state index contributed by atoms with van der Waals surface area (Å²) in [6, 6.07) is 0. The van der Waals surface area contributed by atoms with Crippen LogP contribution in [0, 0.1) is 16.7 Å². The Labute approximate surface area is 267 Å². The molecule has 1 fully saturated rings. The molecule has 5 atom stereocenters. The van der Waals surface area contributed by atoms with Crippen LogP contribution in [-0.4, -0.2) is 43.8 Å². The second-order valence-corrected chi connectivity index (χ2v) is 14.6. The maximum Gasteiger partial charge on any atom is 0.117 e. The molecule has 0 bridgehead atoms. The van der Waals surface area contributed by atoms with Crippen LogP contribution in [0.1, 0.15) is 88.5 Å². The highest BCUT2D eigenvalue weighted by Gasteiger charge is 2.58. The number of hydrogen-bond donors (Lipinski definition) is 4. The predicted molar refractivity (Wildman–Crippen MR) is 187 cm³/mol. The smallest absolute Gasteiger partial charge is 0.117 e. The first kappa shape index (κ1) is 37.4. The van der Waals surface area contributed by atoms with Crippen LogP contribution in [0.15, 0.2) is 119 Å². The fraction of sp³-hybridized carbons (Fsp3) is 0.500. The van der Waals surface area contributed by atoms with E-state index in [2.05, 4.69) is 77.2 Å². The van der Waals surface area contributed by atoms with Gasteiger partial charge in [-0.3, -0.25) is 0 Å².